The average molecular weight is 343 g/mol. The van der Waals surface area contributed by atoms with Gasteiger partial charge in [0.2, 0.25) is 0 Å². The molecule has 0 saturated heterocycles. The zero-order valence-corrected chi connectivity index (χ0v) is 13.7. The molecule has 1 aromatic carbocycles. The van der Waals surface area contributed by atoms with Crippen LogP contribution in [0.1, 0.15) is 23.0 Å². The van der Waals surface area contributed by atoms with Crippen LogP contribution in [-0.2, 0) is 0 Å². The van der Waals surface area contributed by atoms with Crippen molar-refractivity contribution in [1.82, 2.24) is 15.1 Å². The van der Waals surface area contributed by atoms with E-state index in [1.54, 1.807) is 6.92 Å². The van der Waals surface area contributed by atoms with E-state index in [0.29, 0.717) is 24.3 Å². The lowest BCUT2D eigenvalue weighted by Crippen LogP contribution is -2.31. The molecule has 0 aliphatic rings. The Labute approximate surface area is 139 Å². The molecule has 0 fully saturated rings. The van der Waals surface area contributed by atoms with Gasteiger partial charge in [0.1, 0.15) is 5.82 Å². The fourth-order valence-corrected chi connectivity index (χ4v) is 1.96. The second-order valence-electron chi connectivity index (χ2n) is 5.29. The highest BCUT2D eigenvalue weighted by Gasteiger charge is 2.18. The zero-order valence-electron chi connectivity index (χ0n) is 12.9. The summed E-state index contributed by atoms with van der Waals surface area (Å²) in [5.74, 6) is -0.933. The minimum Gasteiger partial charge on any atom is -0.504 e. The van der Waals surface area contributed by atoms with E-state index >= 15 is 0 Å². The Morgan fingerprint density at radius 2 is 2.22 bits per heavy atom. The number of halogens is 2. The summed E-state index contributed by atoms with van der Waals surface area (Å²) in [6.07, 6.45) is 1.32. The van der Waals surface area contributed by atoms with Gasteiger partial charge in [-0.15, -0.1) is 12.4 Å². The summed E-state index contributed by atoms with van der Waals surface area (Å²) in [5, 5.41) is 16.6. The summed E-state index contributed by atoms with van der Waals surface area (Å²) in [6, 6.07) is 4.19. The number of amides is 1. The van der Waals surface area contributed by atoms with E-state index in [-0.39, 0.29) is 35.6 Å². The molecule has 2 rings (SSSR count). The lowest BCUT2D eigenvalue weighted by Gasteiger charge is -2.09. The van der Waals surface area contributed by atoms with E-state index in [1.807, 2.05) is 6.92 Å². The normalized spacial score (nSPS) is 11.7. The van der Waals surface area contributed by atoms with Gasteiger partial charge in [-0.1, -0.05) is 6.92 Å². The molecule has 1 unspecified atom stereocenters. The van der Waals surface area contributed by atoms with Gasteiger partial charge < -0.3 is 16.2 Å². The number of hydrogen-bond acceptors (Lipinski definition) is 4. The number of carbonyl (C=O) groups excluding carboxylic acids is 1. The van der Waals surface area contributed by atoms with Crippen LogP contribution in [0.4, 0.5) is 4.39 Å². The molecule has 1 amide bonds. The molecule has 23 heavy (non-hydrogen) atoms. The van der Waals surface area contributed by atoms with Crippen LogP contribution in [0.15, 0.2) is 24.4 Å². The predicted molar refractivity (Wildman–Crippen MR) is 87.7 cm³/mol. The van der Waals surface area contributed by atoms with Gasteiger partial charge in [0.25, 0.3) is 5.91 Å². The number of hydrogen-bond donors (Lipinski definition) is 3. The van der Waals surface area contributed by atoms with Crippen LogP contribution >= 0.6 is 12.4 Å². The molecule has 1 atom stereocenters. The Morgan fingerprint density at radius 1 is 1.52 bits per heavy atom. The van der Waals surface area contributed by atoms with E-state index in [1.165, 1.54) is 29.1 Å². The number of rotatable bonds is 5. The molecule has 4 N–H and O–H groups in total. The molecule has 0 aliphatic heterocycles. The lowest BCUT2D eigenvalue weighted by molar-refractivity contribution is 0.0940. The average Bonchev–Trinajstić information content (AvgIpc) is 2.86. The number of aromatic nitrogens is 2. The van der Waals surface area contributed by atoms with Gasteiger partial charge in [0.15, 0.2) is 11.4 Å². The number of benzene rings is 1. The van der Waals surface area contributed by atoms with Crippen molar-refractivity contribution in [3.05, 3.63) is 41.5 Å². The van der Waals surface area contributed by atoms with E-state index < -0.39 is 5.91 Å². The van der Waals surface area contributed by atoms with E-state index in [4.69, 9.17) is 5.73 Å². The molecule has 2 aromatic rings. The topological polar surface area (TPSA) is 93.2 Å². The molecule has 0 spiro atoms. The predicted octanol–water partition coefficient (Wildman–Crippen LogP) is 1.77. The number of aromatic hydroxyl groups is 1. The number of carbonyl (C=O) groups is 1. The van der Waals surface area contributed by atoms with Crippen molar-refractivity contribution in [2.24, 2.45) is 11.7 Å². The molecule has 0 aliphatic carbocycles. The molecule has 126 valence electrons. The van der Waals surface area contributed by atoms with Gasteiger partial charge in [-0.05, 0) is 43.1 Å². The van der Waals surface area contributed by atoms with E-state index in [0.717, 1.165) is 0 Å². The molecule has 0 saturated carbocycles. The molecule has 0 radical (unpaired) electrons. The van der Waals surface area contributed by atoms with Crippen molar-refractivity contribution >= 4 is 18.3 Å². The highest BCUT2D eigenvalue weighted by molar-refractivity contribution is 5.94. The van der Waals surface area contributed by atoms with Crippen molar-refractivity contribution in [2.45, 2.75) is 13.8 Å². The van der Waals surface area contributed by atoms with Crippen molar-refractivity contribution in [1.29, 1.82) is 0 Å². The smallest absolute Gasteiger partial charge is 0.275 e. The largest absolute Gasteiger partial charge is 0.504 e. The molecular weight excluding hydrogens is 323 g/mol. The van der Waals surface area contributed by atoms with Gasteiger partial charge in [0.05, 0.1) is 11.9 Å². The Hall–Kier alpha value is -2.12. The zero-order chi connectivity index (χ0) is 16.3. The third-order valence-corrected chi connectivity index (χ3v) is 3.33. The van der Waals surface area contributed by atoms with Crippen molar-refractivity contribution in [2.75, 3.05) is 13.1 Å². The van der Waals surface area contributed by atoms with Crippen molar-refractivity contribution in [3.63, 3.8) is 0 Å². The maximum absolute atomic E-state index is 13.1. The second kappa shape index (κ2) is 7.94. The summed E-state index contributed by atoms with van der Waals surface area (Å²) in [7, 11) is 0. The lowest BCUT2D eigenvalue weighted by atomic mass is 10.2. The van der Waals surface area contributed by atoms with Gasteiger partial charge in [-0.25, -0.2) is 9.07 Å². The van der Waals surface area contributed by atoms with Crippen LogP contribution in [-0.4, -0.2) is 33.9 Å². The molecule has 6 nitrogen and oxygen atoms in total. The van der Waals surface area contributed by atoms with E-state index in [2.05, 4.69) is 10.4 Å². The number of nitrogens with two attached hydrogens (primary N) is 1. The fourth-order valence-electron chi connectivity index (χ4n) is 1.96. The molecular formula is C15H20ClFN4O2. The maximum atomic E-state index is 13.1. The molecule has 0 bridgehead atoms. The Kier molecular flexibility index (Phi) is 6.53. The highest BCUT2D eigenvalue weighted by atomic mass is 35.5. The first kappa shape index (κ1) is 18.9. The minimum atomic E-state index is -0.476. The summed E-state index contributed by atoms with van der Waals surface area (Å²) in [5.41, 5.74) is 6.64. The van der Waals surface area contributed by atoms with Crippen LogP contribution in [0.3, 0.4) is 0 Å². The van der Waals surface area contributed by atoms with Gasteiger partial charge in [-0.3, -0.25) is 4.79 Å². The van der Waals surface area contributed by atoms with Gasteiger partial charge in [0, 0.05) is 6.54 Å². The standard InChI is InChI=1S/C15H19FN4O2.ClH/c1-9(6-17)7-18-15(22)14-13(21)8-20(19-14)12-4-3-11(16)5-10(12)2;/h3-5,8-9,21H,6-7,17H2,1-2H3,(H,18,22);1H. The second-order valence-corrected chi connectivity index (χ2v) is 5.29. The number of nitrogens with zero attached hydrogens (tertiary/aromatic N) is 2. The third kappa shape index (κ3) is 4.43. The third-order valence-electron chi connectivity index (χ3n) is 3.33. The summed E-state index contributed by atoms with van der Waals surface area (Å²) >= 11 is 0. The summed E-state index contributed by atoms with van der Waals surface area (Å²) < 4.78 is 14.5. The monoisotopic (exact) mass is 342 g/mol. The first-order valence-corrected chi connectivity index (χ1v) is 6.95. The molecule has 1 aromatic heterocycles. The maximum Gasteiger partial charge on any atom is 0.275 e. The Balaban J connectivity index is 0.00000264. The van der Waals surface area contributed by atoms with Gasteiger partial charge in [-0.2, -0.15) is 5.10 Å². The molecule has 8 heteroatoms. The first-order chi connectivity index (χ1) is 10.4. The number of aryl methyl sites for hydroxylation is 1. The molecule has 1 heterocycles. The summed E-state index contributed by atoms with van der Waals surface area (Å²) in [6.45, 7) is 4.48. The SMILES string of the molecule is Cc1cc(F)ccc1-n1cc(O)c(C(=O)NCC(C)CN)n1.Cl. The Bertz CT molecular complexity index is 690. The highest BCUT2D eigenvalue weighted by Crippen LogP contribution is 2.20. The van der Waals surface area contributed by atoms with Crippen LogP contribution in [0, 0.1) is 18.7 Å². The van der Waals surface area contributed by atoms with Crippen LogP contribution in [0.5, 0.6) is 5.75 Å². The quantitative estimate of drug-likeness (QED) is 0.772. The fraction of sp³-hybridized carbons (Fsp3) is 0.333. The first-order valence-electron chi connectivity index (χ1n) is 6.95. The van der Waals surface area contributed by atoms with Crippen molar-refractivity contribution in [3.8, 4) is 11.4 Å². The number of nitrogens with one attached hydrogen (secondary N) is 1. The van der Waals surface area contributed by atoms with Gasteiger partial charge >= 0.3 is 0 Å². The Morgan fingerprint density at radius 3 is 2.83 bits per heavy atom. The van der Waals surface area contributed by atoms with E-state index in [9.17, 15) is 14.3 Å². The minimum absolute atomic E-state index is 0. The summed E-state index contributed by atoms with van der Waals surface area (Å²) in [4.78, 5) is 12.0. The van der Waals surface area contributed by atoms with Crippen LogP contribution in [0.25, 0.3) is 5.69 Å². The van der Waals surface area contributed by atoms with Crippen molar-refractivity contribution < 1.29 is 14.3 Å². The van der Waals surface area contributed by atoms with Crippen LogP contribution < -0.4 is 11.1 Å². The van der Waals surface area contributed by atoms with Crippen LogP contribution in [0.2, 0.25) is 0 Å².